The van der Waals surface area contributed by atoms with Gasteiger partial charge in [-0.2, -0.15) is 0 Å². The number of amides is 2. The number of nitrogens with zero attached hydrogens (tertiary/aromatic N) is 1. The lowest BCUT2D eigenvalue weighted by atomic mass is 9.74. The fourth-order valence-electron chi connectivity index (χ4n) is 4.24. The quantitative estimate of drug-likeness (QED) is 0.773. The number of rotatable bonds is 3. The van der Waals surface area contributed by atoms with Crippen LogP contribution in [0.15, 0.2) is 16.5 Å². The second-order valence-corrected chi connectivity index (χ2v) is 8.38. The van der Waals surface area contributed by atoms with Crippen LogP contribution in [0.3, 0.4) is 0 Å². The van der Waals surface area contributed by atoms with E-state index in [1.54, 1.807) is 0 Å². The number of hydrogen-bond donors (Lipinski definition) is 2. The van der Waals surface area contributed by atoms with E-state index in [2.05, 4.69) is 42.5 Å². The molecule has 0 unspecified atom stereocenters. The highest BCUT2D eigenvalue weighted by atomic mass is 35.5. The minimum atomic E-state index is -0.377. The van der Waals surface area contributed by atoms with Gasteiger partial charge in [0.2, 0.25) is 0 Å². The summed E-state index contributed by atoms with van der Waals surface area (Å²) in [4.78, 5) is 14.5. The molecule has 1 saturated carbocycles. The van der Waals surface area contributed by atoms with Crippen LogP contribution in [0.1, 0.15) is 57.3 Å². The van der Waals surface area contributed by atoms with Crippen LogP contribution in [0.4, 0.5) is 10.5 Å². The van der Waals surface area contributed by atoms with E-state index in [-0.39, 0.29) is 11.6 Å². The summed E-state index contributed by atoms with van der Waals surface area (Å²) in [5.74, 6) is 0.920. The number of carbonyl (C=O) groups excluding carboxylic acids is 1. The number of halogens is 1. The number of hydrogen-bond acceptors (Lipinski definition) is 3. The van der Waals surface area contributed by atoms with E-state index < -0.39 is 0 Å². The van der Waals surface area contributed by atoms with Crippen LogP contribution in [-0.4, -0.2) is 24.0 Å². The number of anilines is 1. The summed E-state index contributed by atoms with van der Waals surface area (Å²) in [7, 11) is 2.09. The Morgan fingerprint density at radius 3 is 2.69 bits per heavy atom. The highest BCUT2D eigenvalue weighted by molar-refractivity contribution is 6.35. The Morgan fingerprint density at radius 1 is 1.27 bits per heavy atom. The molecular formula is C20H26ClN3O2. The van der Waals surface area contributed by atoms with Gasteiger partial charge in [0, 0.05) is 17.0 Å². The number of benzene rings is 1. The van der Waals surface area contributed by atoms with Crippen LogP contribution in [0.5, 0.6) is 0 Å². The van der Waals surface area contributed by atoms with Gasteiger partial charge >= 0.3 is 6.03 Å². The highest BCUT2D eigenvalue weighted by Gasteiger charge is 2.43. The van der Waals surface area contributed by atoms with Crippen molar-refractivity contribution in [3.05, 3.63) is 28.5 Å². The average molecular weight is 376 g/mol. The van der Waals surface area contributed by atoms with Crippen molar-refractivity contribution in [3.63, 3.8) is 0 Å². The van der Waals surface area contributed by atoms with Crippen molar-refractivity contribution >= 4 is 34.3 Å². The van der Waals surface area contributed by atoms with Crippen molar-refractivity contribution in [1.82, 2.24) is 10.2 Å². The van der Waals surface area contributed by atoms with Crippen molar-refractivity contribution in [3.8, 4) is 0 Å². The zero-order valence-electron chi connectivity index (χ0n) is 15.6. The lowest BCUT2D eigenvalue weighted by Crippen LogP contribution is -2.52. The first-order valence-electron chi connectivity index (χ1n) is 9.44. The van der Waals surface area contributed by atoms with Crippen LogP contribution < -0.4 is 10.6 Å². The minimum absolute atomic E-state index is 0.174. The van der Waals surface area contributed by atoms with Crippen molar-refractivity contribution in [2.75, 3.05) is 12.4 Å². The summed E-state index contributed by atoms with van der Waals surface area (Å²) < 4.78 is 6.31. The van der Waals surface area contributed by atoms with Gasteiger partial charge in [-0.3, -0.25) is 4.90 Å². The van der Waals surface area contributed by atoms with Gasteiger partial charge in [-0.25, -0.2) is 4.79 Å². The van der Waals surface area contributed by atoms with Crippen molar-refractivity contribution in [2.24, 2.45) is 0 Å². The molecule has 26 heavy (non-hydrogen) atoms. The summed E-state index contributed by atoms with van der Waals surface area (Å²) in [5.41, 5.74) is 2.21. The molecule has 2 amide bonds. The highest BCUT2D eigenvalue weighted by Crippen LogP contribution is 2.48. The maximum absolute atomic E-state index is 12.3. The molecule has 4 rings (SSSR count). The molecule has 0 saturated heterocycles. The topological polar surface area (TPSA) is 57.5 Å². The molecule has 5 nitrogen and oxygen atoms in total. The Morgan fingerprint density at radius 2 is 2.00 bits per heavy atom. The molecule has 2 aromatic rings. The van der Waals surface area contributed by atoms with Crippen LogP contribution in [0.2, 0.25) is 5.02 Å². The zero-order chi connectivity index (χ0) is 18.5. The van der Waals surface area contributed by atoms with Gasteiger partial charge in [0.1, 0.15) is 11.3 Å². The van der Waals surface area contributed by atoms with Gasteiger partial charge in [-0.15, -0.1) is 0 Å². The monoisotopic (exact) mass is 375 g/mol. The number of nitrogens with one attached hydrogen (secondary N) is 2. The molecule has 1 aromatic carbocycles. The van der Waals surface area contributed by atoms with E-state index >= 15 is 0 Å². The molecule has 2 heterocycles. The van der Waals surface area contributed by atoms with Crippen LogP contribution in [-0.2, 0) is 12.1 Å². The molecular weight excluding hydrogens is 350 g/mol. The maximum atomic E-state index is 12.3. The predicted molar refractivity (Wildman–Crippen MR) is 105 cm³/mol. The number of fused-ring (bicyclic) bond motifs is 4. The van der Waals surface area contributed by atoms with Gasteiger partial charge in [0.25, 0.3) is 0 Å². The lowest BCUT2D eigenvalue weighted by Gasteiger charge is -2.42. The lowest BCUT2D eigenvalue weighted by molar-refractivity contribution is 0.208. The first-order chi connectivity index (χ1) is 12.4. The SMILES string of the molecule is CC(C)N(C)Cc1cc2cc(Cl)c3c(c2o1)C1(CCCCC1)NC(=O)N3. The Kier molecular flexibility index (Phi) is 4.40. The van der Waals surface area contributed by atoms with E-state index in [9.17, 15) is 4.79 Å². The second-order valence-electron chi connectivity index (χ2n) is 7.97. The molecule has 1 aliphatic carbocycles. The van der Waals surface area contributed by atoms with E-state index in [1.807, 2.05) is 6.07 Å². The smallest absolute Gasteiger partial charge is 0.319 e. The number of carbonyl (C=O) groups is 1. The van der Waals surface area contributed by atoms with Crippen LogP contribution >= 0.6 is 11.6 Å². The molecule has 6 heteroatoms. The third-order valence-electron chi connectivity index (χ3n) is 5.87. The molecule has 0 bridgehead atoms. The number of urea groups is 1. The zero-order valence-corrected chi connectivity index (χ0v) is 16.4. The van der Waals surface area contributed by atoms with E-state index in [4.69, 9.17) is 16.0 Å². The average Bonchev–Trinajstić information content (AvgIpc) is 2.97. The molecule has 1 aromatic heterocycles. The van der Waals surface area contributed by atoms with Crippen LogP contribution in [0, 0.1) is 0 Å². The van der Waals surface area contributed by atoms with E-state index in [0.29, 0.717) is 16.8 Å². The Labute approximate surface area is 159 Å². The molecule has 0 radical (unpaired) electrons. The fraction of sp³-hybridized carbons (Fsp3) is 0.550. The molecule has 2 N–H and O–H groups in total. The van der Waals surface area contributed by atoms with Gasteiger partial charge in [0.05, 0.1) is 22.8 Å². The van der Waals surface area contributed by atoms with Gasteiger partial charge in [-0.05, 0) is 45.9 Å². The Hall–Kier alpha value is -1.72. The maximum Gasteiger partial charge on any atom is 0.319 e. The predicted octanol–water partition coefficient (Wildman–Crippen LogP) is 5.22. The Balaban J connectivity index is 1.87. The third-order valence-corrected chi connectivity index (χ3v) is 6.17. The molecule has 0 atom stereocenters. The Bertz CT molecular complexity index is 852. The summed E-state index contributed by atoms with van der Waals surface area (Å²) in [5, 5.41) is 7.69. The fourth-order valence-corrected chi connectivity index (χ4v) is 4.50. The van der Waals surface area contributed by atoms with Gasteiger partial charge in [-0.1, -0.05) is 30.9 Å². The molecule has 1 aliphatic heterocycles. The summed E-state index contributed by atoms with van der Waals surface area (Å²) in [6.07, 6.45) is 5.23. The first-order valence-corrected chi connectivity index (χ1v) is 9.82. The van der Waals surface area contributed by atoms with Crippen molar-refractivity contribution in [2.45, 2.75) is 64.1 Å². The second kappa shape index (κ2) is 6.46. The molecule has 1 fully saturated rings. The summed E-state index contributed by atoms with van der Waals surface area (Å²) in [6, 6.07) is 4.24. The number of furan rings is 1. The summed E-state index contributed by atoms with van der Waals surface area (Å²) >= 11 is 6.56. The van der Waals surface area contributed by atoms with E-state index in [1.165, 1.54) is 6.42 Å². The van der Waals surface area contributed by atoms with Gasteiger partial charge in [0.15, 0.2) is 0 Å². The summed E-state index contributed by atoms with van der Waals surface area (Å²) in [6.45, 7) is 5.07. The van der Waals surface area contributed by atoms with Gasteiger partial charge < -0.3 is 15.1 Å². The minimum Gasteiger partial charge on any atom is -0.459 e. The molecule has 140 valence electrons. The standard InChI is InChI=1S/C20H26ClN3O2/c1-12(2)24(3)11-14-9-13-10-15(21)17-16(18(13)26-14)20(23-19(25)22-17)7-5-4-6-8-20/h9-10,12H,4-8,11H2,1-3H3,(H2,22,23,25). The largest absolute Gasteiger partial charge is 0.459 e. The third kappa shape index (κ3) is 2.87. The molecule has 2 aliphatic rings. The first kappa shape index (κ1) is 17.7. The van der Waals surface area contributed by atoms with E-state index in [0.717, 1.165) is 54.5 Å². The normalized spacial score (nSPS) is 19.1. The van der Waals surface area contributed by atoms with Crippen molar-refractivity contribution < 1.29 is 9.21 Å². The van der Waals surface area contributed by atoms with Crippen LogP contribution in [0.25, 0.3) is 11.0 Å². The molecule has 1 spiro atoms. The van der Waals surface area contributed by atoms with Crippen molar-refractivity contribution in [1.29, 1.82) is 0 Å².